The van der Waals surface area contributed by atoms with E-state index in [-0.39, 0.29) is 0 Å². The maximum Gasteiger partial charge on any atom is 0.0255 e. The Hall–Kier alpha value is -0.720. The first-order chi connectivity index (χ1) is 5.15. The van der Waals surface area contributed by atoms with Crippen molar-refractivity contribution < 1.29 is 0 Å². The van der Waals surface area contributed by atoms with Gasteiger partial charge in [-0.05, 0) is 5.92 Å². The number of nitrogens with zero attached hydrogens (tertiary/aromatic N) is 1. The van der Waals surface area contributed by atoms with E-state index in [4.69, 9.17) is 0 Å². The fourth-order valence-electron chi connectivity index (χ4n) is 1.26. The summed E-state index contributed by atoms with van der Waals surface area (Å²) in [4.78, 5) is 2.33. The zero-order valence-electron chi connectivity index (χ0n) is 7.51. The first-order valence-electron chi connectivity index (χ1n) is 4.21. The van der Waals surface area contributed by atoms with Crippen LogP contribution in [0.3, 0.4) is 0 Å². The third-order valence-corrected chi connectivity index (χ3v) is 2.32. The highest BCUT2D eigenvalue weighted by Gasteiger charge is 2.25. The Labute approximate surface area is 69.4 Å². The van der Waals surface area contributed by atoms with Gasteiger partial charge < -0.3 is 4.90 Å². The lowest BCUT2D eigenvalue weighted by Gasteiger charge is -2.42. The van der Waals surface area contributed by atoms with E-state index in [1.807, 2.05) is 6.08 Å². The summed E-state index contributed by atoms with van der Waals surface area (Å²) in [6.45, 7) is 14.4. The molecule has 0 aromatic heterocycles. The van der Waals surface area contributed by atoms with Crippen LogP contribution in [0.2, 0.25) is 0 Å². The van der Waals surface area contributed by atoms with E-state index in [2.05, 4.69) is 31.9 Å². The van der Waals surface area contributed by atoms with Crippen LogP contribution in [0.5, 0.6) is 0 Å². The van der Waals surface area contributed by atoms with E-state index in [1.165, 1.54) is 5.70 Å². The highest BCUT2D eigenvalue weighted by molar-refractivity contribution is 5.05. The summed E-state index contributed by atoms with van der Waals surface area (Å²) in [6, 6.07) is 0. The first kappa shape index (κ1) is 8.38. The second kappa shape index (κ2) is 3.12. The molecule has 0 bridgehead atoms. The van der Waals surface area contributed by atoms with Gasteiger partial charge in [-0.2, -0.15) is 0 Å². The minimum Gasteiger partial charge on any atom is -0.374 e. The Bertz CT molecular complexity index is 164. The average Bonchev–Trinajstić information content (AvgIpc) is 1.85. The van der Waals surface area contributed by atoms with E-state index in [0.717, 1.165) is 13.1 Å². The van der Waals surface area contributed by atoms with Crippen LogP contribution in [0.4, 0.5) is 0 Å². The molecule has 0 radical (unpaired) electrons. The predicted octanol–water partition coefficient (Wildman–Crippen LogP) is 2.27. The molecule has 0 saturated carbocycles. The first-order valence-corrected chi connectivity index (χ1v) is 4.21. The third kappa shape index (κ3) is 1.65. The van der Waals surface area contributed by atoms with Crippen molar-refractivity contribution in [1.82, 2.24) is 4.90 Å². The molecular weight excluding hydrogens is 134 g/mol. The lowest BCUT2D eigenvalue weighted by molar-refractivity contribution is 0.164. The summed E-state index contributed by atoms with van der Waals surface area (Å²) in [5.41, 5.74) is 1.27. The zero-order chi connectivity index (χ0) is 8.43. The highest BCUT2D eigenvalue weighted by Crippen LogP contribution is 2.24. The van der Waals surface area contributed by atoms with Gasteiger partial charge in [0.25, 0.3) is 0 Å². The van der Waals surface area contributed by atoms with Crippen molar-refractivity contribution in [3.8, 4) is 0 Å². The second-order valence-corrected chi connectivity index (χ2v) is 3.55. The molecule has 1 heterocycles. The van der Waals surface area contributed by atoms with Gasteiger partial charge in [-0.3, -0.25) is 0 Å². The van der Waals surface area contributed by atoms with Crippen LogP contribution in [-0.2, 0) is 0 Å². The summed E-state index contributed by atoms with van der Waals surface area (Å²) >= 11 is 0. The summed E-state index contributed by atoms with van der Waals surface area (Å²) in [7, 11) is 0. The summed E-state index contributed by atoms with van der Waals surface area (Å²) in [6.07, 6.45) is 2.03. The molecule has 0 spiro atoms. The maximum absolute atomic E-state index is 4.04. The third-order valence-electron chi connectivity index (χ3n) is 2.32. The van der Waals surface area contributed by atoms with Crippen LogP contribution in [0.1, 0.15) is 13.8 Å². The van der Waals surface area contributed by atoms with Crippen LogP contribution < -0.4 is 0 Å². The minimum absolute atomic E-state index is 0.584. The van der Waals surface area contributed by atoms with Crippen molar-refractivity contribution in [2.45, 2.75) is 13.8 Å². The van der Waals surface area contributed by atoms with Crippen LogP contribution >= 0.6 is 0 Å². The number of allylic oxidation sites excluding steroid dienone is 1. The van der Waals surface area contributed by atoms with Gasteiger partial charge in [0, 0.05) is 24.7 Å². The smallest absolute Gasteiger partial charge is 0.0255 e. The largest absolute Gasteiger partial charge is 0.374 e. The van der Waals surface area contributed by atoms with E-state index >= 15 is 0 Å². The van der Waals surface area contributed by atoms with Gasteiger partial charge >= 0.3 is 0 Å². The standard InChI is InChI=1S/C10H17N/c1-5-10-6-11(7-10)9(4)8(2)3/h5,8,10H,1,4,6-7H2,2-3H3. The quantitative estimate of drug-likeness (QED) is 0.559. The monoisotopic (exact) mass is 151 g/mol. The van der Waals surface area contributed by atoms with Gasteiger partial charge in [0.05, 0.1) is 0 Å². The fraction of sp³-hybridized carbons (Fsp3) is 0.600. The Morgan fingerprint density at radius 3 is 2.45 bits per heavy atom. The van der Waals surface area contributed by atoms with Crippen molar-refractivity contribution in [3.63, 3.8) is 0 Å². The molecule has 1 rings (SSSR count). The van der Waals surface area contributed by atoms with Crippen molar-refractivity contribution in [1.29, 1.82) is 0 Å². The zero-order valence-corrected chi connectivity index (χ0v) is 7.51. The van der Waals surface area contributed by atoms with E-state index < -0.39 is 0 Å². The van der Waals surface area contributed by atoms with E-state index in [0.29, 0.717) is 11.8 Å². The lowest BCUT2D eigenvalue weighted by atomic mass is 9.97. The normalized spacial score (nSPS) is 18.3. The molecule has 1 aliphatic rings. The molecule has 0 aromatic rings. The van der Waals surface area contributed by atoms with Gasteiger partial charge in [-0.25, -0.2) is 0 Å². The molecule has 11 heavy (non-hydrogen) atoms. The van der Waals surface area contributed by atoms with Crippen molar-refractivity contribution in [2.24, 2.45) is 11.8 Å². The Morgan fingerprint density at radius 2 is 2.09 bits per heavy atom. The second-order valence-electron chi connectivity index (χ2n) is 3.55. The molecule has 0 aromatic carbocycles. The molecule has 0 amide bonds. The molecule has 0 N–H and O–H groups in total. The molecule has 0 atom stereocenters. The number of hydrogen-bond acceptors (Lipinski definition) is 1. The Balaban J connectivity index is 2.32. The van der Waals surface area contributed by atoms with Crippen LogP contribution in [0, 0.1) is 11.8 Å². The van der Waals surface area contributed by atoms with Gasteiger partial charge in [-0.1, -0.05) is 26.5 Å². The van der Waals surface area contributed by atoms with Crippen LogP contribution in [0.25, 0.3) is 0 Å². The number of hydrogen-bond donors (Lipinski definition) is 0. The van der Waals surface area contributed by atoms with Gasteiger partial charge in [0.15, 0.2) is 0 Å². The SMILES string of the molecule is C=CC1CN(C(=C)C(C)C)C1. The highest BCUT2D eigenvalue weighted by atomic mass is 15.2. The molecule has 1 fully saturated rings. The molecule has 62 valence electrons. The number of rotatable bonds is 3. The van der Waals surface area contributed by atoms with Crippen LogP contribution in [0.15, 0.2) is 24.9 Å². The summed E-state index contributed by atoms with van der Waals surface area (Å²) in [5, 5.41) is 0. The molecule has 0 unspecified atom stereocenters. The predicted molar refractivity (Wildman–Crippen MR) is 49.2 cm³/mol. The maximum atomic E-state index is 4.04. The summed E-state index contributed by atoms with van der Waals surface area (Å²) < 4.78 is 0. The van der Waals surface area contributed by atoms with Crippen molar-refractivity contribution in [2.75, 3.05) is 13.1 Å². The Morgan fingerprint density at radius 1 is 1.55 bits per heavy atom. The molecule has 0 aliphatic carbocycles. The van der Waals surface area contributed by atoms with E-state index in [1.54, 1.807) is 0 Å². The minimum atomic E-state index is 0.584. The number of likely N-dealkylation sites (tertiary alicyclic amines) is 1. The molecular formula is C10H17N. The lowest BCUT2D eigenvalue weighted by Crippen LogP contribution is -2.45. The topological polar surface area (TPSA) is 3.24 Å². The van der Waals surface area contributed by atoms with Crippen LogP contribution in [-0.4, -0.2) is 18.0 Å². The molecule has 1 heteroatoms. The Kier molecular flexibility index (Phi) is 2.38. The van der Waals surface area contributed by atoms with Crippen molar-refractivity contribution in [3.05, 3.63) is 24.9 Å². The molecule has 1 nitrogen and oxygen atoms in total. The van der Waals surface area contributed by atoms with Gasteiger partial charge in [0.1, 0.15) is 0 Å². The fourth-order valence-corrected chi connectivity index (χ4v) is 1.26. The van der Waals surface area contributed by atoms with Gasteiger partial charge in [-0.15, -0.1) is 6.58 Å². The van der Waals surface area contributed by atoms with Crippen molar-refractivity contribution >= 4 is 0 Å². The summed E-state index contributed by atoms with van der Waals surface area (Å²) in [5.74, 6) is 1.28. The van der Waals surface area contributed by atoms with Gasteiger partial charge in [0.2, 0.25) is 0 Å². The molecule has 1 aliphatic heterocycles. The average molecular weight is 151 g/mol. The molecule has 1 saturated heterocycles. The van der Waals surface area contributed by atoms with E-state index in [9.17, 15) is 0 Å².